The number of nitrogens with two attached hydrogens (primary N) is 1. The number of fused-ring (bicyclic) bond motifs is 1. The summed E-state index contributed by atoms with van der Waals surface area (Å²) in [4.78, 5) is 27.1. The molecule has 2 aromatic rings. The molecule has 2 aliphatic rings. The van der Waals surface area contributed by atoms with E-state index in [2.05, 4.69) is 6.42 Å². The van der Waals surface area contributed by atoms with Gasteiger partial charge in [0.05, 0.1) is 12.5 Å². The molecule has 1 atom stereocenters. The van der Waals surface area contributed by atoms with Crippen molar-refractivity contribution in [3.63, 3.8) is 0 Å². The summed E-state index contributed by atoms with van der Waals surface area (Å²) in [6.45, 7) is 3.39. The van der Waals surface area contributed by atoms with Crippen molar-refractivity contribution in [3.05, 3.63) is 39.1 Å². The Hall–Kier alpha value is -2.51. The van der Waals surface area contributed by atoms with Crippen LogP contribution < -0.4 is 26.7 Å². The SMILES string of the molecule is C[CH]C1CCCN(c2c(F)cc3c(=O)n(N)c(=O)n(C4CC4)c3c2OC)C1. The summed E-state index contributed by atoms with van der Waals surface area (Å²) in [6, 6.07) is 1.15. The van der Waals surface area contributed by atoms with Gasteiger partial charge in [0.1, 0.15) is 11.2 Å². The molecule has 27 heavy (non-hydrogen) atoms. The first kappa shape index (κ1) is 17.9. The fourth-order valence-corrected chi connectivity index (χ4v) is 4.08. The molecule has 1 aliphatic heterocycles. The fraction of sp³-hybridized carbons (Fsp3) is 0.526. The van der Waals surface area contributed by atoms with E-state index in [0.717, 1.165) is 25.7 Å². The quantitative estimate of drug-likeness (QED) is 0.824. The van der Waals surface area contributed by atoms with Crippen LogP contribution in [0.25, 0.3) is 10.9 Å². The number of benzene rings is 1. The molecule has 2 N–H and O–H groups in total. The van der Waals surface area contributed by atoms with Crippen LogP contribution in [0.3, 0.4) is 0 Å². The van der Waals surface area contributed by atoms with Crippen LogP contribution in [0.4, 0.5) is 10.1 Å². The highest BCUT2D eigenvalue weighted by Crippen LogP contribution is 2.43. The molecule has 0 spiro atoms. The summed E-state index contributed by atoms with van der Waals surface area (Å²) in [7, 11) is 1.45. The molecule has 0 bridgehead atoms. The lowest BCUT2D eigenvalue weighted by molar-refractivity contribution is 0.403. The second-order valence-electron chi connectivity index (χ2n) is 7.38. The van der Waals surface area contributed by atoms with Crippen LogP contribution in [0.5, 0.6) is 5.75 Å². The molecule has 1 unspecified atom stereocenters. The van der Waals surface area contributed by atoms with Crippen molar-refractivity contribution < 1.29 is 9.13 Å². The number of nitrogen functional groups attached to an aromatic ring is 1. The first-order valence-electron chi connectivity index (χ1n) is 9.35. The van der Waals surface area contributed by atoms with Crippen LogP contribution in [-0.2, 0) is 0 Å². The summed E-state index contributed by atoms with van der Waals surface area (Å²) in [5, 5.41) is 0.0673. The maximum atomic E-state index is 15.1. The Bertz CT molecular complexity index is 1010. The van der Waals surface area contributed by atoms with E-state index in [1.54, 1.807) is 0 Å². The average Bonchev–Trinajstić information content (AvgIpc) is 3.51. The van der Waals surface area contributed by atoms with Gasteiger partial charge in [0, 0.05) is 19.1 Å². The molecule has 1 aliphatic carbocycles. The van der Waals surface area contributed by atoms with Crippen molar-refractivity contribution >= 4 is 16.6 Å². The summed E-state index contributed by atoms with van der Waals surface area (Å²) in [5.74, 6) is 5.73. The first-order valence-corrected chi connectivity index (χ1v) is 9.35. The molecule has 0 amide bonds. The molecule has 2 heterocycles. The largest absolute Gasteiger partial charge is 0.492 e. The predicted octanol–water partition coefficient (Wildman–Crippen LogP) is 1.80. The maximum absolute atomic E-state index is 15.1. The van der Waals surface area contributed by atoms with Gasteiger partial charge < -0.3 is 15.5 Å². The zero-order valence-corrected chi connectivity index (χ0v) is 15.6. The average molecular weight is 375 g/mol. The number of hydrogen-bond acceptors (Lipinski definition) is 5. The lowest BCUT2D eigenvalue weighted by atomic mass is 9.95. The highest BCUT2D eigenvalue weighted by atomic mass is 19.1. The number of rotatable bonds is 4. The Labute approximate surface area is 156 Å². The summed E-state index contributed by atoms with van der Waals surface area (Å²) in [5.41, 5.74) is -0.645. The van der Waals surface area contributed by atoms with Crippen molar-refractivity contribution in [2.24, 2.45) is 5.92 Å². The van der Waals surface area contributed by atoms with E-state index in [0.29, 0.717) is 34.9 Å². The Balaban J connectivity index is 2.03. The van der Waals surface area contributed by atoms with Crippen molar-refractivity contribution in [2.45, 2.75) is 38.6 Å². The molecule has 1 saturated carbocycles. The molecule has 8 heteroatoms. The second kappa shape index (κ2) is 6.58. The van der Waals surface area contributed by atoms with Crippen LogP contribution in [0, 0.1) is 18.2 Å². The number of piperidine rings is 1. The molecule has 2 fully saturated rings. The van der Waals surface area contributed by atoms with Gasteiger partial charge in [-0.25, -0.2) is 9.18 Å². The normalized spacial score (nSPS) is 20.3. The van der Waals surface area contributed by atoms with Gasteiger partial charge in [0.15, 0.2) is 11.6 Å². The van der Waals surface area contributed by atoms with Crippen LogP contribution in [0.2, 0.25) is 0 Å². The van der Waals surface area contributed by atoms with Gasteiger partial charge in [-0.3, -0.25) is 9.36 Å². The number of halogens is 1. The minimum Gasteiger partial charge on any atom is -0.492 e. The van der Waals surface area contributed by atoms with Gasteiger partial charge in [0.2, 0.25) is 0 Å². The Morgan fingerprint density at radius 3 is 2.67 bits per heavy atom. The molecule has 145 valence electrons. The van der Waals surface area contributed by atoms with E-state index in [9.17, 15) is 9.59 Å². The number of nitrogens with zero attached hydrogens (tertiary/aromatic N) is 3. The van der Waals surface area contributed by atoms with Gasteiger partial charge in [-0.1, -0.05) is 6.92 Å². The lowest BCUT2D eigenvalue weighted by Crippen LogP contribution is -2.44. The zero-order valence-electron chi connectivity index (χ0n) is 15.6. The minimum absolute atomic E-state index is 0.0410. The van der Waals surface area contributed by atoms with Gasteiger partial charge in [0.25, 0.3) is 5.56 Å². The van der Waals surface area contributed by atoms with Gasteiger partial charge in [-0.2, -0.15) is 4.68 Å². The maximum Gasteiger partial charge on any atom is 0.350 e. The zero-order chi connectivity index (χ0) is 19.3. The molecule has 4 rings (SSSR count). The van der Waals surface area contributed by atoms with E-state index in [4.69, 9.17) is 10.6 Å². The monoisotopic (exact) mass is 375 g/mol. The number of hydrogen-bond donors (Lipinski definition) is 1. The van der Waals surface area contributed by atoms with Gasteiger partial charge in [-0.05, 0) is 44.1 Å². The van der Waals surface area contributed by atoms with E-state index in [1.165, 1.54) is 17.7 Å². The number of methoxy groups -OCH3 is 1. The third-order valence-corrected chi connectivity index (χ3v) is 5.65. The molecular weight excluding hydrogens is 351 g/mol. The van der Waals surface area contributed by atoms with Crippen molar-refractivity contribution in [3.8, 4) is 5.75 Å². The van der Waals surface area contributed by atoms with E-state index in [-0.39, 0.29) is 17.2 Å². The number of aromatic nitrogens is 2. The molecular formula is C19H24FN4O3. The third kappa shape index (κ3) is 2.78. The van der Waals surface area contributed by atoms with E-state index >= 15 is 4.39 Å². The summed E-state index contributed by atoms with van der Waals surface area (Å²) in [6.07, 6.45) is 5.77. The van der Waals surface area contributed by atoms with Gasteiger partial charge in [-0.15, -0.1) is 0 Å². The fourth-order valence-electron chi connectivity index (χ4n) is 4.08. The summed E-state index contributed by atoms with van der Waals surface area (Å²) < 4.78 is 22.8. The van der Waals surface area contributed by atoms with Crippen LogP contribution in [0.15, 0.2) is 15.7 Å². The predicted molar refractivity (Wildman–Crippen MR) is 102 cm³/mol. The van der Waals surface area contributed by atoms with Crippen molar-refractivity contribution in [1.82, 2.24) is 9.24 Å². The van der Waals surface area contributed by atoms with Crippen LogP contribution >= 0.6 is 0 Å². The molecule has 7 nitrogen and oxygen atoms in total. The number of ether oxygens (including phenoxy) is 1. The second-order valence-corrected chi connectivity index (χ2v) is 7.38. The van der Waals surface area contributed by atoms with Crippen molar-refractivity contribution in [1.29, 1.82) is 0 Å². The molecule has 1 aromatic heterocycles. The van der Waals surface area contributed by atoms with Crippen LogP contribution in [0.1, 0.15) is 38.6 Å². The Morgan fingerprint density at radius 2 is 2.04 bits per heavy atom. The smallest absolute Gasteiger partial charge is 0.350 e. The molecule has 1 radical (unpaired) electrons. The van der Waals surface area contributed by atoms with Crippen LogP contribution in [-0.4, -0.2) is 29.4 Å². The number of anilines is 1. The summed E-state index contributed by atoms with van der Waals surface area (Å²) >= 11 is 0. The van der Waals surface area contributed by atoms with Crippen molar-refractivity contribution in [2.75, 3.05) is 30.9 Å². The topological polar surface area (TPSA) is 82.5 Å². The minimum atomic E-state index is -0.714. The van der Waals surface area contributed by atoms with Gasteiger partial charge >= 0.3 is 5.69 Å². The first-order chi connectivity index (χ1) is 13.0. The molecule has 1 saturated heterocycles. The standard InChI is InChI=1S/C19H24FN4O3/c1-3-11-5-4-8-22(10-11)16-14(20)9-13-15(17(16)27-2)23(12-6-7-12)19(26)24(21)18(13)25/h3,9,11-12H,4-8,10,21H2,1-2H3. The molecule has 1 aromatic carbocycles. The highest BCUT2D eigenvalue weighted by Gasteiger charge is 2.33. The Kier molecular flexibility index (Phi) is 4.36. The lowest BCUT2D eigenvalue weighted by Gasteiger charge is -2.35. The van der Waals surface area contributed by atoms with E-state index in [1.807, 2.05) is 11.8 Å². The van der Waals surface area contributed by atoms with E-state index < -0.39 is 17.1 Å². The highest BCUT2D eigenvalue weighted by molar-refractivity contribution is 5.91. The Morgan fingerprint density at radius 1 is 1.30 bits per heavy atom. The third-order valence-electron chi connectivity index (χ3n) is 5.65.